The third-order valence-corrected chi connectivity index (χ3v) is 2.18. The van der Waals surface area contributed by atoms with Crippen LogP contribution in [0.3, 0.4) is 0 Å². The van der Waals surface area contributed by atoms with Crippen LogP contribution in [-0.4, -0.2) is 62.5 Å². The second-order valence-electron chi connectivity index (χ2n) is 3.21. The first-order chi connectivity index (χ1) is 5.74. The Bertz CT molecular complexity index is 157. The van der Waals surface area contributed by atoms with Gasteiger partial charge in [0.2, 0.25) is 5.91 Å². The number of nitrogens with zero attached hydrogens (tertiary/aromatic N) is 2. The summed E-state index contributed by atoms with van der Waals surface area (Å²) in [5.41, 5.74) is 0. The van der Waals surface area contributed by atoms with Crippen molar-refractivity contribution in [1.82, 2.24) is 15.1 Å². The van der Waals surface area contributed by atoms with Gasteiger partial charge in [0, 0.05) is 26.2 Å². The monoisotopic (exact) mass is 207 g/mol. The molecule has 0 bridgehead atoms. The molecule has 1 saturated heterocycles. The molecule has 1 heterocycles. The minimum Gasteiger partial charge on any atom is -0.339 e. The molecule has 0 atom stereocenters. The van der Waals surface area contributed by atoms with E-state index < -0.39 is 0 Å². The van der Waals surface area contributed by atoms with Gasteiger partial charge in [-0.3, -0.25) is 4.79 Å². The number of nitrogens with one attached hydrogen (secondary N) is 1. The average molecular weight is 208 g/mol. The molecule has 0 aliphatic carbocycles. The minimum absolute atomic E-state index is 0. The van der Waals surface area contributed by atoms with Gasteiger partial charge in [0.25, 0.3) is 0 Å². The van der Waals surface area contributed by atoms with Gasteiger partial charge < -0.3 is 15.1 Å². The van der Waals surface area contributed by atoms with Crippen molar-refractivity contribution in [3.63, 3.8) is 0 Å². The summed E-state index contributed by atoms with van der Waals surface area (Å²) in [5, 5.41) is 2.87. The van der Waals surface area contributed by atoms with Crippen molar-refractivity contribution in [2.75, 3.05) is 46.8 Å². The van der Waals surface area contributed by atoms with Crippen LogP contribution in [0.15, 0.2) is 0 Å². The molecule has 0 aromatic heterocycles. The number of carbonyl (C=O) groups excluding carboxylic acids is 1. The van der Waals surface area contributed by atoms with Crippen molar-refractivity contribution < 1.29 is 4.79 Å². The van der Waals surface area contributed by atoms with Crippen molar-refractivity contribution in [2.24, 2.45) is 0 Å². The fourth-order valence-corrected chi connectivity index (χ4v) is 1.32. The lowest BCUT2D eigenvalue weighted by Crippen LogP contribution is -2.49. The normalized spacial score (nSPS) is 18.2. The van der Waals surface area contributed by atoms with E-state index in [9.17, 15) is 4.79 Å². The third kappa shape index (κ3) is 3.93. The third-order valence-electron chi connectivity index (χ3n) is 2.18. The van der Waals surface area contributed by atoms with E-state index in [0.29, 0.717) is 6.54 Å². The number of piperazine rings is 1. The van der Waals surface area contributed by atoms with Crippen molar-refractivity contribution in [3.8, 4) is 0 Å². The SMILES string of the molecule is CNCC(=O)N1CCN(C)CC1.Cl. The number of rotatable bonds is 2. The van der Waals surface area contributed by atoms with E-state index in [2.05, 4.69) is 17.3 Å². The van der Waals surface area contributed by atoms with E-state index in [-0.39, 0.29) is 18.3 Å². The maximum atomic E-state index is 11.3. The van der Waals surface area contributed by atoms with Crippen LogP contribution in [0.5, 0.6) is 0 Å². The molecular formula is C8H18ClN3O. The second-order valence-corrected chi connectivity index (χ2v) is 3.21. The Morgan fingerprint density at radius 2 is 1.85 bits per heavy atom. The summed E-state index contributed by atoms with van der Waals surface area (Å²) < 4.78 is 0. The lowest BCUT2D eigenvalue weighted by molar-refractivity contribution is -0.131. The Kier molecular flexibility index (Phi) is 6.03. The molecule has 1 aliphatic heterocycles. The van der Waals surface area contributed by atoms with Gasteiger partial charge in [-0.05, 0) is 14.1 Å². The lowest BCUT2D eigenvalue weighted by Gasteiger charge is -2.32. The Morgan fingerprint density at radius 3 is 2.31 bits per heavy atom. The van der Waals surface area contributed by atoms with Crippen molar-refractivity contribution in [2.45, 2.75) is 0 Å². The van der Waals surface area contributed by atoms with Crippen LogP contribution in [0.25, 0.3) is 0 Å². The quantitative estimate of drug-likeness (QED) is 0.657. The zero-order valence-corrected chi connectivity index (χ0v) is 9.06. The molecule has 0 saturated carbocycles. The molecule has 0 radical (unpaired) electrons. The first kappa shape index (κ1) is 12.7. The Balaban J connectivity index is 0.00000144. The number of carbonyl (C=O) groups is 1. The minimum atomic E-state index is 0. The maximum Gasteiger partial charge on any atom is 0.236 e. The fourth-order valence-electron chi connectivity index (χ4n) is 1.32. The smallest absolute Gasteiger partial charge is 0.236 e. The summed E-state index contributed by atoms with van der Waals surface area (Å²) in [6, 6.07) is 0. The molecule has 78 valence electrons. The zero-order valence-electron chi connectivity index (χ0n) is 8.25. The van der Waals surface area contributed by atoms with Gasteiger partial charge in [-0.1, -0.05) is 0 Å². The van der Waals surface area contributed by atoms with Crippen LogP contribution in [0.4, 0.5) is 0 Å². The largest absolute Gasteiger partial charge is 0.339 e. The van der Waals surface area contributed by atoms with Gasteiger partial charge in [-0.15, -0.1) is 12.4 Å². The van der Waals surface area contributed by atoms with Gasteiger partial charge >= 0.3 is 0 Å². The van der Waals surface area contributed by atoms with E-state index in [0.717, 1.165) is 26.2 Å². The van der Waals surface area contributed by atoms with E-state index in [4.69, 9.17) is 0 Å². The van der Waals surface area contributed by atoms with Crippen molar-refractivity contribution in [1.29, 1.82) is 0 Å². The Morgan fingerprint density at radius 1 is 1.31 bits per heavy atom. The lowest BCUT2D eigenvalue weighted by atomic mass is 10.3. The van der Waals surface area contributed by atoms with Crippen LogP contribution in [0.1, 0.15) is 0 Å². The molecule has 4 nitrogen and oxygen atoms in total. The first-order valence-electron chi connectivity index (χ1n) is 4.35. The highest BCUT2D eigenvalue weighted by molar-refractivity contribution is 5.85. The van der Waals surface area contributed by atoms with Crippen molar-refractivity contribution >= 4 is 18.3 Å². The van der Waals surface area contributed by atoms with E-state index in [1.165, 1.54) is 0 Å². The molecule has 0 spiro atoms. The summed E-state index contributed by atoms with van der Waals surface area (Å²) in [6.45, 7) is 4.20. The number of hydrogen-bond acceptors (Lipinski definition) is 3. The summed E-state index contributed by atoms with van der Waals surface area (Å²) in [7, 11) is 3.88. The molecule has 0 aromatic rings. The summed E-state index contributed by atoms with van der Waals surface area (Å²) in [5.74, 6) is 0.214. The molecule has 1 N–H and O–H groups in total. The second kappa shape index (κ2) is 6.18. The standard InChI is InChI=1S/C8H17N3O.ClH/c1-9-7-8(12)11-5-3-10(2)4-6-11;/h9H,3-7H2,1-2H3;1H. The predicted molar refractivity (Wildman–Crippen MR) is 55.3 cm³/mol. The highest BCUT2D eigenvalue weighted by atomic mass is 35.5. The fraction of sp³-hybridized carbons (Fsp3) is 0.875. The van der Waals surface area contributed by atoms with Crippen LogP contribution in [-0.2, 0) is 4.79 Å². The first-order valence-corrected chi connectivity index (χ1v) is 4.35. The number of amides is 1. The maximum absolute atomic E-state index is 11.3. The molecule has 13 heavy (non-hydrogen) atoms. The highest BCUT2D eigenvalue weighted by Crippen LogP contribution is 1.98. The molecular weight excluding hydrogens is 190 g/mol. The van der Waals surface area contributed by atoms with Gasteiger partial charge in [0.05, 0.1) is 6.54 Å². The van der Waals surface area contributed by atoms with Gasteiger partial charge in [-0.2, -0.15) is 0 Å². The van der Waals surface area contributed by atoms with E-state index in [1.54, 1.807) is 7.05 Å². The molecule has 1 amide bonds. The van der Waals surface area contributed by atoms with Crippen molar-refractivity contribution in [3.05, 3.63) is 0 Å². The van der Waals surface area contributed by atoms with Crippen LogP contribution in [0, 0.1) is 0 Å². The Labute approximate surface area is 85.7 Å². The van der Waals surface area contributed by atoms with Gasteiger partial charge in [0.15, 0.2) is 0 Å². The number of halogens is 1. The molecule has 0 unspecified atom stereocenters. The van der Waals surface area contributed by atoms with Crippen LogP contribution < -0.4 is 5.32 Å². The number of hydrogen-bond donors (Lipinski definition) is 1. The van der Waals surface area contributed by atoms with Gasteiger partial charge in [-0.25, -0.2) is 0 Å². The average Bonchev–Trinajstić information content (AvgIpc) is 2.06. The Hall–Kier alpha value is -0.320. The van der Waals surface area contributed by atoms with E-state index in [1.807, 2.05) is 4.90 Å². The van der Waals surface area contributed by atoms with Crippen LogP contribution >= 0.6 is 12.4 Å². The van der Waals surface area contributed by atoms with E-state index >= 15 is 0 Å². The molecule has 1 rings (SSSR count). The summed E-state index contributed by atoms with van der Waals surface area (Å²) in [6.07, 6.45) is 0. The summed E-state index contributed by atoms with van der Waals surface area (Å²) >= 11 is 0. The van der Waals surface area contributed by atoms with Gasteiger partial charge in [0.1, 0.15) is 0 Å². The molecule has 0 aromatic carbocycles. The molecule has 1 aliphatic rings. The summed E-state index contributed by atoms with van der Waals surface area (Å²) in [4.78, 5) is 15.5. The number of likely N-dealkylation sites (N-methyl/N-ethyl adjacent to an activating group) is 2. The molecule has 1 fully saturated rings. The topological polar surface area (TPSA) is 35.6 Å². The zero-order chi connectivity index (χ0) is 8.97. The molecule has 5 heteroatoms. The highest BCUT2D eigenvalue weighted by Gasteiger charge is 2.17. The van der Waals surface area contributed by atoms with Crippen LogP contribution in [0.2, 0.25) is 0 Å². The predicted octanol–water partition coefficient (Wildman–Crippen LogP) is -0.598.